The molecule has 214 valence electrons. The van der Waals surface area contributed by atoms with Gasteiger partial charge in [0, 0.05) is 50.6 Å². The molecule has 0 saturated carbocycles. The number of rotatable bonds is 6. The Kier molecular flexibility index (Phi) is 6.50. The topological polar surface area (TPSA) is 22.2 Å². The first kappa shape index (κ1) is 26.7. The number of hydrogen-bond donors (Lipinski definition) is 0. The highest BCUT2D eigenvalue weighted by molar-refractivity contribution is 6.16. The zero-order valence-corrected chi connectivity index (χ0v) is 25.1. The fourth-order valence-corrected chi connectivity index (χ4v) is 6.93. The number of fused-ring (bicyclic) bond motifs is 4. The molecule has 2 heterocycles. The van der Waals surface area contributed by atoms with Gasteiger partial charge in [-0.15, -0.1) is 0 Å². The van der Waals surface area contributed by atoms with Crippen molar-refractivity contribution in [2.45, 2.75) is 6.92 Å². The van der Waals surface area contributed by atoms with Crippen molar-refractivity contribution in [2.75, 3.05) is 0 Å². The van der Waals surface area contributed by atoms with Gasteiger partial charge in [0.2, 0.25) is 0 Å². The minimum atomic E-state index is 1.06. The fraction of sp³-hybridized carbons (Fsp3) is 0.0238. The summed E-state index contributed by atoms with van der Waals surface area (Å²) in [4.78, 5) is 4.38. The van der Waals surface area contributed by atoms with E-state index in [-0.39, 0.29) is 0 Å². The predicted octanol–water partition coefficient (Wildman–Crippen LogP) is 10.8. The lowest BCUT2D eigenvalue weighted by molar-refractivity contribution is 1.05. The molecule has 0 aliphatic rings. The van der Waals surface area contributed by atoms with E-state index < -0.39 is 0 Å². The molecule has 2 aromatic heterocycles. The largest absolute Gasteiger partial charge is 0.313 e. The highest BCUT2D eigenvalue weighted by Crippen LogP contribution is 2.42. The molecule has 3 heteroatoms. The average Bonchev–Trinajstić information content (AvgIpc) is 3.60. The van der Waals surface area contributed by atoms with Crippen molar-refractivity contribution < 1.29 is 0 Å². The molecule has 0 bridgehead atoms. The minimum Gasteiger partial charge on any atom is -0.313 e. The van der Waals surface area contributed by atoms with E-state index in [9.17, 15) is 0 Å². The number of nitrogens with zero attached hydrogens (tertiary/aromatic N) is 3. The van der Waals surface area contributed by atoms with Crippen LogP contribution in [0.15, 0.2) is 163 Å². The fourth-order valence-electron chi connectivity index (χ4n) is 6.93. The van der Waals surface area contributed by atoms with Gasteiger partial charge in [-0.2, -0.15) is 0 Å². The lowest BCUT2D eigenvalue weighted by Crippen LogP contribution is -1.98. The first-order valence-electron chi connectivity index (χ1n) is 15.2. The highest BCUT2D eigenvalue weighted by Gasteiger charge is 2.23. The van der Waals surface area contributed by atoms with Gasteiger partial charge in [0.05, 0.1) is 16.6 Å². The molecule has 0 fully saturated rings. The molecule has 0 radical (unpaired) electrons. The number of benzene rings is 6. The Bertz CT molecular complexity index is 2370. The maximum Gasteiger partial charge on any atom is 0.0547 e. The summed E-state index contributed by atoms with van der Waals surface area (Å²) in [5, 5.41) is 3.59. The SMILES string of the molecule is C=N/C=C(\c1c(C)n(-c2ccccc2)c2ccccc12)c1cccc2c1c1ccccc1n2-c1ccc(-c2ccccc2)cc1. The van der Waals surface area contributed by atoms with E-state index in [1.165, 1.54) is 43.9 Å². The van der Waals surface area contributed by atoms with Crippen LogP contribution in [0.4, 0.5) is 0 Å². The van der Waals surface area contributed by atoms with Crippen molar-refractivity contribution in [2.24, 2.45) is 4.99 Å². The van der Waals surface area contributed by atoms with Crippen LogP contribution in [-0.4, -0.2) is 15.9 Å². The third-order valence-corrected chi connectivity index (χ3v) is 8.84. The van der Waals surface area contributed by atoms with Gasteiger partial charge in [0.1, 0.15) is 0 Å². The molecule has 0 unspecified atom stereocenters. The van der Waals surface area contributed by atoms with Crippen molar-refractivity contribution in [3.63, 3.8) is 0 Å². The summed E-state index contributed by atoms with van der Waals surface area (Å²) >= 11 is 0. The highest BCUT2D eigenvalue weighted by atomic mass is 15.0. The molecule has 6 aromatic carbocycles. The smallest absolute Gasteiger partial charge is 0.0547 e. The van der Waals surface area contributed by atoms with Crippen LogP contribution in [0.5, 0.6) is 0 Å². The summed E-state index contributed by atoms with van der Waals surface area (Å²) in [5.74, 6) is 0. The Morgan fingerprint density at radius 3 is 1.80 bits per heavy atom. The van der Waals surface area contributed by atoms with Crippen molar-refractivity contribution in [3.8, 4) is 22.5 Å². The van der Waals surface area contributed by atoms with Gasteiger partial charge >= 0.3 is 0 Å². The van der Waals surface area contributed by atoms with E-state index >= 15 is 0 Å². The third kappa shape index (κ3) is 4.32. The van der Waals surface area contributed by atoms with Gasteiger partial charge in [-0.05, 0) is 72.8 Å². The second kappa shape index (κ2) is 11.0. The van der Waals surface area contributed by atoms with Crippen molar-refractivity contribution >= 4 is 45.0 Å². The Hall–Kier alpha value is -5.93. The van der Waals surface area contributed by atoms with Gasteiger partial charge < -0.3 is 9.13 Å². The summed E-state index contributed by atoms with van der Waals surface area (Å²) in [6, 6.07) is 53.9. The molecular formula is C42H31N3. The van der Waals surface area contributed by atoms with Crippen LogP contribution in [0, 0.1) is 6.92 Å². The molecule has 8 aromatic rings. The minimum absolute atomic E-state index is 1.06. The monoisotopic (exact) mass is 577 g/mol. The second-order valence-corrected chi connectivity index (χ2v) is 11.3. The number of hydrogen-bond acceptors (Lipinski definition) is 1. The number of para-hydroxylation sites is 3. The van der Waals surface area contributed by atoms with Gasteiger partial charge in [0.15, 0.2) is 0 Å². The Balaban J connectivity index is 1.38. The summed E-state index contributed by atoms with van der Waals surface area (Å²) in [5.41, 5.74) is 12.7. The number of aromatic nitrogens is 2. The Morgan fingerprint density at radius 1 is 0.533 bits per heavy atom. The molecule has 45 heavy (non-hydrogen) atoms. The van der Waals surface area contributed by atoms with Gasteiger partial charge in [-0.1, -0.05) is 109 Å². The van der Waals surface area contributed by atoms with Crippen molar-refractivity contribution in [1.82, 2.24) is 9.13 Å². The molecule has 0 amide bonds. The van der Waals surface area contributed by atoms with Crippen LogP contribution < -0.4 is 0 Å². The van der Waals surface area contributed by atoms with Gasteiger partial charge in [-0.25, -0.2) is 0 Å². The van der Waals surface area contributed by atoms with Crippen LogP contribution in [0.1, 0.15) is 16.8 Å². The van der Waals surface area contributed by atoms with Crippen LogP contribution >= 0.6 is 0 Å². The summed E-state index contributed by atoms with van der Waals surface area (Å²) < 4.78 is 4.72. The summed E-state index contributed by atoms with van der Waals surface area (Å²) in [7, 11) is 0. The predicted molar refractivity (Wildman–Crippen MR) is 191 cm³/mol. The normalized spacial score (nSPS) is 11.9. The van der Waals surface area contributed by atoms with Gasteiger partial charge in [0.25, 0.3) is 0 Å². The molecular weight excluding hydrogens is 546 g/mol. The first-order chi connectivity index (χ1) is 22.2. The van der Waals surface area contributed by atoms with E-state index in [2.05, 4.69) is 179 Å². The first-order valence-corrected chi connectivity index (χ1v) is 15.2. The van der Waals surface area contributed by atoms with Crippen molar-refractivity contribution in [1.29, 1.82) is 0 Å². The van der Waals surface area contributed by atoms with Crippen LogP contribution in [-0.2, 0) is 0 Å². The molecule has 3 nitrogen and oxygen atoms in total. The second-order valence-electron chi connectivity index (χ2n) is 11.3. The van der Waals surface area contributed by atoms with Crippen LogP contribution in [0.3, 0.4) is 0 Å². The van der Waals surface area contributed by atoms with Gasteiger partial charge in [-0.3, -0.25) is 4.99 Å². The van der Waals surface area contributed by atoms with E-state index in [1.807, 2.05) is 6.20 Å². The Morgan fingerprint density at radius 2 is 1.09 bits per heavy atom. The molecule has 0 atom stereocenters. The van der Waals surface area contributed by atoms with E-state index in [1.54, 1.807) is 0 Å². The maximum absolute atomic E-state index is 4.38. The Labute approximate surface area is 262 Å². The van der Waals surface area contributed by atoms with Crippen LogP contribution in [0.25, 0.3) is 60.8 Å². The molecule has 0 spiro atoms. The number of aliphatic imine (C=N–C) groups is 1. The van der Waals surface area contributed by atoms with E-state index in [0.717, 1.165) is 33.7 Å². The quantitative estimate of drug-likeness (QED) is 0.175. The molecule has 8 rings (SSSR count). The lowest BCUT2D eigenvalue weighted by Gasteiger charge is -2.13. The van der Waals surface area contributed by atoms with Crippen LogP contribution in [0.2, 0.25) is 0 Å². The zero-order chi connectivity index (χ0) is 30.3. The van der Waals surface area contributed by atoms with E-state index in [0.29, 0.717) is 0 Å². The molecule has 0 aliphatic heterocycles. The molecule has 0 N–H and O–H groups in total. The standard InChI is InChI=1S/C42H31N3/c1-29-41(35-18-9-11-21-38(35)44(29)32-16-7-4-8-17-32)37(28-43-2)34-20-13-23-40-42(34)36-19-10-12-22-39(36)45(40)33-26-24-31(25-27-33)30-14-5-3-6-15-30/h3-28H,2H2,1H3/b37-28-. The molecule has 0 aliphatic carbocycles. The van der Waals surface area contributed by atoms with Crippen molar-refractivity contribution in [3.05, 3.63) is 175 Å². The average molecular weight is 578 g/mol. The van der Waals surface area contributed by atoms with E-state index in [4.69, 9.17) is 0 Å². The maximum atomic E-state index is 4.38. The summed E-state index contributed by atoms with van der Waals surface area (Å²) in [6.45, 7) is 6.12. The third-order valence-electron chi connectivity index (χ3n) is 8.84. The summed E-state index contributed by atoms with van der Waals surface area (Å²) in [6.07, 6.45) is 1.93. The lowest BCUT2D eigenvalue weighted by atomic mass is 9.92. The molecule has 0 saturated heterocycles. The zero-order valence-electron chi connectivity index (χ0n) is 25.1.